The Morgan fingerprint density at radius 2 is 2.20 bits per heavy atom. The number of hydrogen-bond acceptors (Lipinski definition) is 2. The fourth-order valence-electron chi connectivity index (χ4n) is 1.63. The van der Waals surface area contributed by atoms with Gasteiger partial charge in [0.05, 0.1) is 12.3 Å². The largest absolute Gasteiger partial charge is 0.390 e. The lowest BCUT2D eigenvalue weighted by atomic mass is 10.1. The highest BCUT2D eigenvalue weighted by molar-refractivity contribution is 7.71. The van der Waals surface area contributed by atoms with Crippen molar-refractivity contribution < 1.29 is 5.11 Å². The second kappa shape index (κ2) is 6.08. The van der Waals surface area contributed by atoms with Crippen molar-refractivity contribution in [1.29, 1.82) is 0 Å². The molecule has 0 unspecified atom stereocenters. The van der Waals surface area contributed by atoms with Crippen molar-refractivity contribution in [2.24, 2.45) is 5.92 Å². The average Bonchev–Trinajstić information content (AvgIpc) is 2.54. The van der Waals surface area contributed by atoms with E-state index in [1.165, 1.54) is 12.8 Å². The molecule has 1 heterocycles. The number of rotatable bonds is 6. The van der Waals surface area contributed by atoms with Crippen molar-refractivity contribution in [3.63, 3.8) is 0 Å². The quantitative estimate of drug-likeness (QED) is 0.580. The van der Waals surface area contributed by atoms with Crippen molar-refractivity contribution >= 4 is 12.2 Å². The maximum absolute atomic E-state index is 9.09. The predicted molar refractivity (Wildman–Crippen MR) is 64.2 cm³/mol. The Hall–Kier alpha value is -0.610. The maximum atomic E-state index is 9.09. The Labute approximate surface area is 96.1 Å². The van der Waals surface area contributed by atoms with Crippen molar-refractivity contribution in [3.8, 4) is 0 Å². The van der Waals surface area contributed by atoms with Gasteiger partial charge in [-0.25, -0.2) is 0 Å². The van der Waals surface area contributed by atoms with Gasteiger partial charge in [0, 0.05) is 12.7 Å². The molecule has 0 aliphatic carbocycles. The number of aromatic nitrogens is 2. The highest BCUT2D eigenvalue weighted by atomic mass is 32.1. The van der Waals surface area contributed by atoms with E-state index in [4.69, 9.17) is 17.3 Å². The molecule has 0 aliphatic rings. The van der Waals surface area contributed by atoms with Crippen LogP contribution in [0.25, 0.3) is 0 Å². The summed E-state index contributed by atoms with van der Waals surface area (Å²) in [6.45, 7) is 5.43. The summed E-state index contributed by atoms with van der Waals surface area (Å²) in [5.41, 5.74) is 0.879. The van der Waals surface area contributed by atoms with E-state index in [1.54, 1.807) is 6.20 Å². The zero-order chi connectivity index (χ0) is 11.3. The lowest BCUT2D eigenvalue weighted by Crippen LogP contribution is -2.03. The van der Waals surface area contributed by atoms with E-state index in [1.807, 2.05) is 4.57 Å². The highest BCUT2D eigenvalue weighted by Gasteiger charge is 2.02. The van der Waals surface area contributed by atoms with Crippen LogP contribution in [0.4, 0.5) is 0 Å². The van der Waals surface area contributed by atoms with Crippen molar-refractivity contribution in [2.45, 2.75) is 46.3 Å². The van der Waals surface area contributed by atoms with Crippen LogP contribution in [-0.2, 0) is 13.2 Å². The first-order valence-electron chi connectivity index (χ1n) is 5.53. The van der Waals surface area contributed by atoms with Crippen molar-refractivity contribution in [2.75, 3.05) is 0 Å². The molecule has 4 heteroatoms. The van der Waals surface area contributed by atoms with Crippen LogP contribution in [0.1, 0.15) is 38.8 Å². The fourth-order valence-corrected chi connectivity index (χ4v) is 1.90. The minimum absolute atomic E-state index is 0.0529. The molecule has 0 aliphatic heterocycles. The highest BCUT2D eigenvalue weighted by Crippen LogP contribution is 2.09. The first kappa shape index (κ1) is 12.5. The van der Waals surface area contributed by atoms with Crippen LogP contribution in [0.2, 0.25) is 0 Å². The van der Waals surface area contributed by atoms with Gasteiger partial charge in [-0.15, -0.1) is 0 Å². The van der Waals surface area contributed by atoms with Gasteiger partial charge in [0.15, 0.2) is 4.77 Å². The van der Waals surface area contributed by atoms with Gasteiger partial charge in [0.1, 0.15) is 0 Å². The molecule has 0 atom stereocenters. The number of aliphatic hydroxyl groups is 1. The van der Waals surface area contributed by atoms with Crippen LogP contribution >= 0.6 is 12.2 Å². The fraction of sp³-hybridized carbons (Fsp3) is 0.727. The SMILES string of the molecule is CC(C)CCCCn1c(CO)c[nH]c1=S. The summed E-state index contributed by atoms with van der Waals surface area (Å²) in [4.78, 5) is 2.96. The Bertz CT molecular complexity index is 341. The van der Waals surface area contributed by atoms with E-state index in [2.05, 4.69) is 18.8 Å². The first-order valence-corrected chi connectivity index (χ1v) is 5.94. The Balaban J connectivity index is 2.43. The molecule has 0 amide bonds. The monoisotopic (exact) mass is 228 g/mol. The van der Waals surface area contributed by atoms with Gasteiger partial charge in [0.2, 0.25) is 0 Å². The van der Waals surface area contributed by atoms with Crippen LogP contribution in [0.15, 0.2) is 6.20 Å². The number of imidazole rings is 1. The molecule has 0 saturated heterocycles. The molecule has 1 aromatic rings. The summed E-state index contributed by atoms with van der Waals surface area (Å²) >= 11 is 5.14. The molecule has 0 aromatic carbocycles. The van der Waals surface area contributed by atoms with Crippen molar-refractivity contribution in [3.05, 3.63) is 16.7 Å². The minimum atomic E-state index is 0.0529. The number of aromatic amines is 1. The molecule has 86 valence electrons. The summed E-state index contributed by atoms with van der Waals surface area (Å²) in [6, 6.07) is 0. The summed E-state index contributed by atoms with van der Waals surface area (Å²) in [6.07, 6.45) is 5.38. The Morgan fingerprint density at radius 3 is 2.80 bits per heavy atom. The van der Waals surface area contributed by atoms with E-state index in [0.29, 0.717) is 4.77 Å². The second-order valence-electron chi connectivity index (χ2n) is 4.28. The van der Waals surface area contributed by atoms with Crippen LogP contribution < -0.4 is 0 Å². The lowest BCUT2D eigenvalue weighted by Gasteiger charge is -2.07. The van der Waals surface area contributed by atoms with E-state index in [9.17, 15) is 0 Å². The number of aliphatic hydroxyl groups excluding tert-OH is 1. The first-order chi connectivity index (χ1) is 7.15. The van der Waals surface area contributed by atoms with Gasteiger partial charge in [0.25, 0.3) is 0 Å². The van der Waals surface area contributed by atoms with Crippen LogP contribution in [0.5, 0.6) is 0 Å². The molecular formula is C11H20N2OS. The average molecular weight is 228 g/mol. The summed E-state index contributed by atoms with van der Waals surface area (Å²) in [7, 11) is 0. The Kier molecular flexibility index (Phi) is 5.05. The molecule has 0 saturated carbocycles. The minimum Gasteiger partial charge on any atom is -0.390 e. The standard InChI is InChI=1S/C11H20N2OS/c1-9(2)5-3-4-6-13-10(8-14)7-12-11(13)15/h7,9,14H,3-6,8H2,1-2H3,(H,12,15). The molecule has 0 spiro atoms. The lowest BCUT2D eigenvalue weighted by molar-refractivity contribution is 0.269. The summed E-state index contributed by atoms with van der Waals surface area (Å²) < 4.78 is 2.69. The molecule has 3 nitrogen and oxygen atoms in total. The zero-order valence-corrected chi connectivity index (χ0v) is 10.3. The van der Waals surface area contributed by atoms with E-state index >= 15 is 0 Å². The topological polar surface area (TPSA) is 41.0 Å². The van der Waals surface area contributed by atoms with Crippen LogP contribution in [0.3, 0.4) is 0 Å². The zero-order valence-electron chi connectivity index (χ0n) is 9.49. The van der Waals surface area contributed by atoms with Crippen molar-refractivity contribution in [1.82, 2.24) is 9.55 Å². The summed E-state index contributed by atoms with van der Waals surface area (Å²) in [5, 5.41) is 9.09. The second-order valence-corrected chi connectivity index (χ2v) is 4.67. The molecule has 0 bridgehead atoms. The molecule has 15 heavy (non-hydrogen) atoms. The maximum Gasteiger partial charge on any atom is 0.177 e. The van der Waals surface area contributed by atoms with Gasteiger partial charge in [-0.2, -0.15) is 0 Å². The third-order valence-electron chi connectivity index (χ3n) is 2.53. The third kappa shape index (κ3) is 3.80. The third-order valence-corrected chi connectivity index (χ3v) is 2.87. The predicted octanol–water partition coefficient (Wildman–Crippen LogP) is 2.86. The van der Waals surface area contributed by atoms with E-state index in [-0.39, 0.29) is 6.61 Å². The molecule has 0 radical (unpaired) electrons. The number of nitrogens with zero attached hydrogens (tertiary/aromatic N) is 1. The molecular weight excluding hydrogens is 208 g/mol. The van der Waals surface area contributed by atoms with Gasteiger partial charge in [-0.3, -0.25) is 0 Å². The molecule has 2 N–H and O–H groups in total. The number of unbranched alkanes of at least 4 members (excludes halogenated alkanes) is 1. The summed E-state index contributed by atoms with van der Waals surface area (Å²) in [5.74, 6) is 0.765. The Morgan fingerprint density at radius 1 is 1.47 bits per heavy atom. The number of hydrogen-bond donors (Lipinski definition) is 2. The van der Waals surface area contributed by atoms with Gasteiger partial charge >= 0.3 is 0 Å². The van der Waals surface area contributed by atoms with E-state index in [0.717, 1.165) is 24.6 Å². The molecule has 0 fully saturated rings. The molecule has 1 aromatic heterocycles. The smallest absolute Gasteiger partial charge is 0.177 e. The van der Waals surface area contributed by atoms with E-state index < -0.39 is 0 Å². The number of nitrogens with one attached hydrogen (secondary N) is 1. The molecule has 1 rings (SSSR count). The normalized spacial score (nSPS) is 11.2. The van der Waals surface area contributed by atoms with Gasteiger partial charge in [-0.05, 0) is 24.6 Å². The van der Waals surface area contributed by atoms with Crippen LogP contribution in [-0.4, -0.2) is 14.7 Å². The van der Waals surface area contributed by atoms with Gasteiger partial charge < -0.3 is 14.7 Å². The number of H-pyrrole nitrogens is 1. The van der Waals surface area contributed by atoms with Gasteiger partial charge in [-0.1, -0.05) is 26.7 Å². The van der Waals surface area contributed by atoms with Crippen LogP contribution in [0, 0.1) is 10.7 Å².